The van der Waals surface area contributed by atoms with E-state index in [1.807, 2.05) is 44.2 Å². The van der Waals surface area contributed by atoms with Crippen molar-refractivity contribution in [2.75, 3.05) is 0 Å². The van der Waals surface area contributed by atoms with Crippen LogP contribution in [0.4, 0.5) is 0 Å². The van der Waals surface area contributed by atoms with Gasteiger partial charge in [-0.2, -0.15) is 0 Å². The third-order valence-electron chi connectivity index (χ3n) is 5.66. The summed E-state index contributed by atoms with van der Waals surface area (Å²) in [5, 5.41) is 10.5. The van der Waals surface area contributed by atoms with Crippen LogP contribution in [0, 0.1) is 6.92 Å². The Morgan fingerprint density at radius 3 is 2.63 bits per heavy atom. The zero-order valence-corrected chi connectivity index (χ0v) is 17.9. The number of H-pyrrole nitrogens is 1. The molecule has 152 valence electrons. The van der Waals surface area contributed by atoms with Crippen molar-refractivity contribution in [3.05, 3.63) is 77.2 Å². The molecule has 4 aromatic rings. The molecule has 0 saturated heterocycles. The maximum absolute atomic E-state index is 13.4. The van der Waals surface area contributed by atoms with Gasteiger partial charge in [-0.05, 0) is 38.3 Å². The maximum Gasteiger partial charge on any atom is 0.192 e. The Hall–Kier alpha value is -2.86. The van der Waals surface area contributed by atoms with Crippen LogP contribution >= 0.6 is 11.8 Å². The molecular formula is C24H24N4OS. The number of aromatic nitrogens is 4. The second-order valence-electron chi connectivity index (χ2n) is 7.98. The average Bonchev–Trinajstić information content (AvgIpc) is 3.44. The van der Waals surface area contributed by atoms with E-state index in [2.05, 4.69) is 44.0 Å². The standard InChI is InChI=1S/C24H24N4OS/c1-15-21(19-10-6-7-11-20(19)25-15)22(29)16(2)30-24-27-26-23(18-12-13-18)28(24)14-17-8-4-3-5-9-17/h3-11,16,18,25H,12-14H2,1-2H3/t16-/m1/s1. The van der Waals surface area contributed by atoms with E-state index in [1.165, 1.54) is 30.2 Å². The molecule has 1 saturated carbocycles. The second kappa shape index (κ2) is 7.76. The van der Waals surface area contributed by atoms with E-state index in [0.29, 0.717) is 5.92 Å². The van der Waals surface area contributed by atoms with Crippen LogP contribution in [0.3, 0.4) is 0 Å². The van der Waals surface area contributed by atoms with Gasteiger partial charge in [-0.25, -0.2) is 0 Å². The molecular weight excluding hydrogens is 392 g/mol. The number of aryl methyl sites for hydroxylation is 1. The summed E-state index contributed by atoms with van der Waals surface area (Å²) in [6.45, 7) is 4.66. The van der Waals surface area contributed by atoms with Gasteiger partial charge in [0.25, 0.3) is 0 Å². The number of rotatable bonds is 7. The number of benzene rings is 2. The van der Waals surface area contributed by atoms with E-state index in [-0.39, 0.29) is 11.0 Å². The van der Waals surface area contributed by atoms with Crippen molar-refractivity contribution in [2.45, 2.75) is 49.6 Å². The lowest BCUT2D eigenvalue weighted by atomic mass is 10.1. The molecule has 0 bridgehead atoms. The molecule has 0 amide bonds. The molecule has 2 aromatic heterocycles. The van der Waals surface area contributed by atoms with Crippen molar-refractivity contribution < 1.29 is 4.79 Å². The second-order valence-corrected chi connectivity index (χ2v) is 9.29. The number of para-hydroxylation sites is 1. The van der Waals surface area contributed by atoms with Gasteiger partial charge < -0.3 is 9.55 Å². The zero-order valence-electron chi connectivity index (χ0n) is 17.1. The van der Waals surface area contributed by atoms with Crippen molar-refractivity contribution in [3.8, 4) is 0 Å². The van der Waals surface area contributed by atoms with E-state index >= 15 is 0 Å². The summed E-state index contributed by atoms with van der Waals surface area (Å²) >= 11 is 1.50. The summed E-state index contributed by atoms with van der Waals surface area (Å²) in [6, 6.07) is 18.3. The van der Waals surface area contributed by atoms with Crippen LogP contribution in [-0.4, -0.2) is 30.8 Å². The Balaban J connectivity index is 1.44. The van der Waals surface area contributed by atoms with Crippen molar-refractivity contribution in [3.63, 3.8) is 0 Å². The molecule has 1 aliphatic rings. The van der Waals surface area contributed by atoms with Crippen LogP contribution < -0.4 is 0 Å². The van der Waals surface area contributed by atoms with Crippen molar-refractivity contribution >= 4 is 28.4 Å². The van der Waals surface area contributed by atoms with E-state index < -0.39 is 0 Å². The minimum atomic E-state index is -0.256. The van der Waals surface area contributed by atoms with Crippen molar-refractivity contribution in [1.82, 2.24) is 19.7 Å². The predicted octanol–water partition coefficient (Wildman–Crippen LogP) is 5.36. The Kier molecular flexibility index (Phi) is 4.95. The summed E-state index contributed by atoms with van der Waals surface area (Å²) < 4.78 is 2.20. The number of Topliss-reactive ketones (excluding diaryl/α,β-unsaturated/α-hetero) is 1. The SMILES string of the molecule is Cc1[nH]c2ccccc2c1C(=O)[C@@H](C)Sc1nnc(C2CC2)n1Cc1ccccc1. The molecule has 6 heteroatoms. The number of hydrogen-bond donors (Lipinski definition) is 1. The van der Waals surface area contributed by atoms with Crippen LogP contribution in [0.1, 0.15) is 53.1 Å². The van der Waals surface area contributed by atoms with Crippen molar-refractivity contribution in [2.24, 2.45) is 0 Å². The quantitative estimate of drug-likeness (QED) is 0.325. The lowest BCUT2D eigenvalue weighted by molar-refractivity contribution is 0.0995. The fraction of sp³-hybridized carbons (Fsp3) is 0.292. The highest BCUT2D eigenvalue weighted by molar-refractivity contribution is 8.00. The minimum absolute atomic E-state index is 0.122. The lowest BCUT2D eigenvalue weighted by Crippen LogP contribution is -2.16. The largest absolute Gasteiger partial charge is 0.358 e. The fourth-order valence-corrected chi connectivity index (χ4v) is 4.87. The first-order valence-electron chi connectivity index (χ1n) is 10.4. The normalized spacial score (nSPS) is 14.9. The monoisotopic (exact) mass is 416 g/mol. The topological polar surface area (TPSA) is 63.6 Å². The van der Waals surface area contributed by atoms with Gasteiger partial charge in [0, 0.05) is 28.1 Å². The Morgan fingerprint density at radius 2 is 1.87 bits per heavy atom. The number of carbonyl (C=O) groups excluding carboxylic acids is 1. The zero-order chi connectivity index (χ0) is 20.7. The summed E-state index contributed by atoms with van der Waals surface area (Å²) in [5.74, 6) is 1.67. The van der Waals surface area contributed by atoms with Gasteiger partial charge in [-0.1, -0.05) is 60.3 Å². The molecule has 0 radical (unpaired) electrons. The number of nitrogens with one attached hydrogen (secondary N) is 1. The number of nitrogens with zero attached hydrogens (tertiary/aromatic N) is 3. The maximum atomic E-state index is 13.4. The van der Waals surface area contributed by atoms with Gasteiger partial charge in [-0.15, -0.1) is 10.2 Å². The smallest absolute Gasteiger partial charge is 0.192 e. The number of aromatic amines is 1. The van der Waals surface area contributed by atoms with E-state index in [1.54, 1.807) is 0 Å². The Morgan fingerprint density at radius 1 is 1.13 bits per heavy atom. The first-order valence-corrected chi connectivity index (χ1v) is 11.2. The summed E-state index contributed by atoms with van der Waals surface area (Å²) in [5.41, 5.74) is 3.91. The minimum Gasteiger partial charge on any atom is -0.358 e. The highest BCUT2D eigenvalue weighted by atomic mass is 32.2. The van der Waals surface area contributed by atoms with E-state index in [0.717, 1.165) is 39.7 Å². The number of fused-ring (bicyclic) bond motifs is 1. The molecule has 5 nitrogen and oxygen atoms in total. The Labute approximate surface area is 179 Å². The summed E-state index contributed by atoms with van der Waals surface area (Å²) in [6.07, 6.45) is 2.33. The molecule has 5 rings (SSSR count). The summed E-state index contributed by atoms with van der Waals surface area (Å²) in [7, 11) is 0. The predicted molar refractivity (Wildman–Crippen MR) is 120 cm³/mol. The third-order valence-corrected chi connectivity index (χ3v) is 6.74. The molecule has 30 heavy (non-hydrogen) atoms. The number of ketones is 1. The van der Waals surface area contributed by atoms with Crippen molar-refractivity contribution in [1.29, 1.82) is 0 Å². The fourth-order valence-electron chi connectivity index (χ4n) is 3.95. The number of carbonyl (C=O) groups is 1. The average molecular weight is 417 g/mol. The first-order chi connectivity index (χ1) is 14.6. The van der Waals surface area contributed by atoms with Gasteiger partial charge in [0.2, 0.25) is 0 Å². The first kappa shape index (κ1) is 19.1. The van der Waals surface area contributed by atoms with Crippen LogP contribution in [0.25, 0.3) is 10.9 Å². The van der Waals surface area contributed by atoms with E-state index in [4.69, 9.17) is 0 Å². The summed E-state index contributed by atoms with van der Waals surface area (Å²) in [4.78, 5) is 16.7. The molecule has 1 fully saturated rings. The van der Waals surface area contributed by atoms with Gasteiger partial charge in [0.05, 0.1) is 11.8 Å². The molecule has 2 heterocycles. The Bertz CT molecular complexity index is 1210. The molecule has 1 atom stereocenters. The molecule has 1 N–H and O–H groups in total. The molecule has 0 unspecified atom stereocenters. The number of thioether (sulfide) groups is 1. The van der Waals surface area contributed by atoms with Crippen LogP contribution in [0.5, 0.6) is 0 Å². The van der Waals surface area contributed by atoms with Gasteiger partial charge in [0.1, 0.15) is 5.82 Å². The molecule has 0 spiro atoms. The van der Waals surface area contributed by atoms with Gasteiger partial charge in [0.15, 0.2) is 10.9 Å². The van der Waals surface area contributed by atoms with Gasteiger partial charge in [-0.3, -0.25) is 4.79 Å². The highest BCUT2D eigenvalue weighted by Crippen LogP contribution is 2.41. The third kappa shape index (κ3) is 3.56. The van der Waals surface area contributed by atoms with Crippen LogP contribution in [-0.2, 0) is 6.54 Å². The molecule has 2 aromatic carbocycles. The van der Waals surface area contributed by atoms with Crippen LogP contribution in [0.2, 0.25) is 0 Å². The lowest BCUT2D eigenvalue weighted by Gasteiger charge is -2.13. The number of hydrogen-bond acceptors (Lipinski definition) is 4. The highest BCUT2D eigenvalue weighted by Gasteiger charge is 2.32. The molecule has 0 aliphatic heterocycles. The van der Waals surface area contributed by atoms with E-state index in [9.17, 15) is 4.79 Å². The molecule has 1 aliphatic carbocycles. The van der Waals surface area contributed by atoms with Crippen LogP contribution in [0.15, 0.2) is 59.8 Å². The van der Waals surface area contributed by atoms with Gasteiger partial charge >= 0.3 is 0 Å².